The molecule has 0 aromatic carbocycles. The zero-order chi connectivity index (χ0) is 8.69. The fourth-order valence-electron chi connectivity index (χ4n) is 1.24. The van der Waals surface area contributed by atoms with E-state index >= 15 is 0 Å². The van der Waals surface area contributed by atoms with Crippen LogP contribution in [-0.4, -0.2) is 24.5 Å². The molecular weight excluding hydrogens is 134 g/mol. The fourth-order valence-corrected chi connectivity index (χ4v) is 1.24. The Morgan fingerprint density at radius 2 is 1.36 bits per heavy atom. The normalized spacial score (nSPS) is 11.5. The lowest BCUT2D eigenvalue weighted by atomic mass is 10.0. The van der Waals surface area contributed by atoms with Crippen LogP contribution in [0.3, 0.4) is 0 Å². The molecule has 1 nitrogen and oxygen atoms in total. The molecule has 0 rings (SSSR count). The number of hydrogen-bond donors (Lipinski definition) is 0. The highest BCUT2D eigenvalue weighted by Crippen LogP contribution is 2.11. The highest BCUT2D eigenvalue weighted by molar-refractivity contribution is 4.89. The largest absolute Gasteiger partial charge is 0.303 e. The van der Waals surface area contributed by atoms with Gasteiger partial charge in [0, 0.05) is 6.54 Å². The van der Waals surface area contributed by atoms with Gasteiger partial charge in [0.2, 0.25) is 0 Å². The lowest BCUT2D eigenvalue weighted by Gasteiger charge is -2.22. The monoisotopic (exact) mass is 156 g/mol. The number of rotatable bonds is 6. The van der Waals surface area contributed by atoms with Gasteiger partial charge in [0.05, 0.1) is 0 Å². The maximum atomic E-state index is 2.47. The highest BCUT2D eigenvalue weighted by atomic mass is 15.1. The van der Waals surface area contributed by atoms with Crippen LogP contribution in [0.5, 0.6) is 0 Å². The fraction of sp³-hybridized carbons (Fsp3) is 0.900. The Morgan fingerprint density at radius 1 is 0.909 bits per heavy atom. The topological polar surface area (TPSA) is 3.24 Å². The molecule has 0 aliphatic rings. The lowest BCUT2D eigenvalue weighted by molar-refractivity contribution is 0.307. The van der Waals surface area contributed by atoms with Crippen LogP contribution in [-0.2, 0) is 0 Å². The van der Waals surface area contributed by atoms with Gasteiger partial charge in [0.15, 0.2) is 0 Å². The quantitative estimate of drug-likeness (QED) is 0.571. The summed E-state index contributed by atoms with van der Waals surface area (Å²) in [6, 6.07) is 0. The summed E-state index contributed by atoms with van der Waals surface area (Å²) in [5.41, 5.74) is 0. The predicted molar refractivity (Wildman–Crippen MR) is 51.6 cm³/mol. The summed E-state index contributed by atoms with van der Waals surface area (Å²) in [4.78, 5) is 2.47. The summed E-state index contributed by atoms with van der Waals surface area (Å²) in [5.74, 6) is 1.67. The van der Waals surface area contributed by atoms with Crippen molar-refractivity contribution in [1.82, 2.24) is 4.90 Å². The van der Waals surface area contributed by atoms with Gasteiger partial charge in [-0.15, -0.1) is 0 Å². The van der Waals surface area contributed by atoms with Crippen molar-refractivity contribution in [3.63, 3.8) is 0 Å². The molecule has 0 aliphatic heterocycles. The second kappa shape index (κ2) is 6.66. The smallest absolute Gasteiger partial charge is 0.00433 e. The van der Waals surface area contributed by atoms with E-state index < -0.39 is 0 Å². The second-order valence-corrected chi connectivity index (χ2v) is 2.92. The van der Waals surface area contributed by atoms with E-state index in [1.165, 1.54) is 32.5 Å². The Hall–Kier alpha value is -0.0400. The lowest BCUT2D eigenvalue weighted by Crippen LogP contribution is -2.27. The molecule has 67 valence electrons. The van der Waals surface area contributed by atoms with E-state index in [9.17, 15) is 0 Å². The Labute approximate surface area is 71.8 Å². The van der Waals surface area contributed by atoms with E-state index in [0.717, 1.165) is 0 Å². The molecule has 0 heterocycles. The Balaban J connectivity index is 3.58. The van der Waals surface area contributed by atoms with Gasteiger partial charge in [-0.25, -0.2) is 0 Å². The maximum absolute atomic E-state index is 2.47. The first-order valence-electron chi connectivity index (χ1n) is 4.84. The molecule has 1 heteroatoms. The molecule has 0 unspecified atom stereocenters. The summed E-state index contributed by atoms with van der Waals surface area (Å²) in [6.45, 7) is 12.5. The number of hydrogen-bond acceptors (Lipinski definition) is 1. The molecule has 0 saturated carbocycles. The van der Waals surface area contributed by atoms with Crippen LogP contribution in [0.2, 0.25) is 0 Å². The average molecular weight is 156 g/mol. The summed E-state index contributed by atoms with van der Waals surface area (Å²) in [7, 11) is 0. The molecule has 0 atom stereocenters. The minimum absolute atomic E-state index is 1.18. The predicted octanol–water partition coefficient (Wildman–Crippen LogP) is 2.72. The first-order valence-corrected chi connectivity index (χ1v) is 4.84. The van der Waals surface area contributed by atoms with Crippen molar-refractivity contribution >= 4 is 0 Å². The third kappa shape index (κ3) is 4.41. The molecule has 1 radical (unpaired) electrons. The molecular formula is C10H22N. The minimum Gasteiger partial charge on any atom is -0.303 e. The zero-order valence-electron chi connectivity index (χ0n) is 8.48. The van der Waals surface area contributed by atoms with Crippen molar-refractivity contribution in [3.8, 4) is 0 Å². The molecule has 0 aromatic rings. The Kier molecular flexibility index (Phi) is 6.63. The summed E-state index contributed by atoms with van der Waals surface area (Å²) < 4.78 is 0. The molecule has 0 aromatic heterocycles. The van der Waals surface area contributed by atoms with Gasteiger partial charge in [0.1, 0.15) is 0 Å². The molecule has 0 N–H and O–H groups in total. The van der Waals surface area contributed by atoms with E-state index in [1.54, 1.807) is 5.92 Å². The van der Waals surface area contributed by atoms with Crippen LogP contribution in [0.15, 0.2) is 0 Å². The molecule has 0 bridgehead atoms. The standard InChI is InChI=1S/C10H22N/c1-5-10(6-2)9-11(7-3)8-4/h5-9H2,1-4H3. The summed E-state index contributed by atoms with van der Waals surface area (Å²) in [5, 5.41) is 0. The van der Waals surface area contributed by atoms with Crippen LogP contribution in [0, 0.1) is 5.92 Å². The summed E-state index contributed by atoms with van der Waals surface area (Å²) in [6.07, 6.45) is 2.49. The van der Waals surface area contributed by atoms with Crippen molar-refractivity contribution in [2.75, 3.05) is 19.6 Å². The van der Waals surface area contributed by atoms with E-state index in [-0.39, 0.29) is 0 Å². The van der Waals surface area contributed by atoms with Gasteiger partial charge in [0.25, 0.3) is 0 Å². The van der Waals surface area contributed by atoms with E-state index in [2.05, 4.69) is 32.6 Å². The van der Waals surface area contributed by atoms with Gasteiger partial charge in [-0.2, -0.15) is 0 Å². The van der Waals surface area contributed by atoms with Crippen LogP contribution in [0.25, 0.3) is 0 Å². The van der Waals surface area contributed by atoms with Crippen LogP contribution in [0.4, 0.5) is 0 Å². The Bertz CT molecular complexity index is 62.9. The Morgan fingerprint density at radius 3 is 1.64 bits per heavy atom. The van der Waals surface area contributed by atoms with E-state index in [0.29, 0.717) is 0 Å². The maximum Gasteiger partial charge on any atom is 0.00433 e. The molecule has 0 spiro atoms. The SMILES string of the molecule is CC[C](CC)CN(CC)CC. The van der Waals surface area contributed by atoms with E-state index in [1.807, 2.05) is 0 Å². The average Bonchev–Trinajstić information content (AvgIpc) is 2.07. The van der Waals surface area contributed by atoms with Crippen molar-refractivity contribution in [1.29, 1.82) is 0 Å². The van der Waals surface area contributed by atoms with Crippen LogP contribution < -0.4 is 0 Å². The van der Waals surface area contributed by atoms with Crippen molar-refractivity contribution in [2.24, 2.45) is 0 Å². The van der Waals surface area contributed by atoms with Gasteiger partial charge in [-0.05, 0) is 31.8 Å². The molecule has 11 heavy (non-hydrogen) atoms. The number of nitrogens with zero attached hydrogens (tertiary/aromatic N) is 1. The molecule has 0 fully saturated rings. The third-order valence-corrected chi connectivity index (χ3v) is 2.34. The minimum atomic E-state index is 1.18. The molecule has 0 amide bonds. The van der Waals surface area contributed by atoms with Crippen molar-refractivity contribution in [3.05, 3.63) is 5.92 Å². The highest BCUT2D eigenvalue weighted by Gasteiger charge is 2.07. The van der Waals surface area contributed by atoms with Gasteiger partial charge >= 0.3 is 0 Å². The third-order valence-electron chi connectivity index (χ3n) is 2.34. The zero-order valence-corrected chi connectivity index (χ0v) is 8.48. The van der Waals surface area contributed by atoms with Crippen LogP contribution in [0.1, 0.15) is 40.5 Å². The van der Waals surface area contributed by atoms with Crippen molar-refractivity contribution in [2.45, 2.75) is 40.5 Å². The van der Waals surface area contributed by atoms with Gasteiger partial charge in [-0.1, -0.05) is 27.7 Å². The van der Waals surface area contributed by atoms with Crippen LogP contribution >= 0.6 is 0 Å². The molecule has 0 saturated heterocycles. The summed E-state index contributed by atoms with van der Waals surface area (Å²) >= 11 is 0. The molecule has 0 aliphatic carbocycles. The van der Waals surface area contributed by atoms with Gasteiger partial charge < -0.3 is 4.90 Å². The second-order valence-electron chi connectivity index (χ2n) is 2.92. The van der Waals surface area contributed by atoms with Crippen molar-refractivity contribution < 1.29 is 0 Å². The van der Waals surface area contributed by atoms with Gasteiger partial charge in [-0.3, -0.25) is 0 Å². The first-order chi connectivity index (χ1) is 5.28. The first kappa shape index (κ1) is 11.0. The van der Waals surface area contributed by atoms with E-state index in [4.69, 9.17) is 0 Å².